The lowest BCUT2D eigenvalue weighted by atomic mass is 9.95. The highest BCUT2D eigenvalue weighted by Crippen LogP contribution is 2.32. The molecule has 2 aliphatic rings. The van der Waals surface area contributed by atoms with Crippen LogP contribution in [0.25, 0.3) is 0 Å². The molecule has 8 heteroatoms. The van der Waals surface area contributed by atoms with Gasteiger partial charge in [-0.3, -0.25) is 4.90 Å². The quantitative estimate of drug-likeness (QED) is 0.741. The molecule has 1 saturated carbocycles. The van der Waals surface area contributed by atoms with Gasteiger partial charge in [0.15, 0.2) is 0 Å². The maximum absolute atomic E-state index is 6.34. The van der Waals surface area contributed by atoms with Crippen LogP contribution < -0.4 is 10.2 Å². The largest absolute Gasteiger partial charge is 0.412 e. The topological polar surface area (TPSA) is 50.0 Å². The normalized spacial score (nSPS) is 18.5. The minimum Gasteiger partial charge on any atom is -0.412 e. The lowest BCUT2D eigenvalue weighted by molar-refractivity contribution is 0.248. The second-order valence-electron chi connectivity index (χ2n) is 6.69. The van der Waals surface area contributed by atoms with E-state index in [9.17, 15) is 0 Å². The van der Waals surface area contributed by atoms with Crippen molar-refractivity contribution in [2.75, 3.05) is 44.2 Å². The summed E-state index contributed by atoms with van der Waals surface area (Å²) in [6.07, 6.45) is 6.95. The van der Waals surface area contributed by atoms with Gasteiger partial charge in [-0.25, -0.2) is 0 Å². The summed E-state index contributed by atoms with van der Waals surface area (Å²) in [5, 5.41) is 5.06. The summed E-state index contributed by atoms with van der Waals surface area (Å²) in [5.41, 5.74) is 1.07. The third kappa shape index (κ3) is 7.23. The van der Waals surface area contributed by atoms with Crippen LogP contribution in [0.15, 0.2) is 18.2 Å². The molecule has 2 fully saturated rings. The van der Waals surface area contributed by atoms with Gasteiger partial charge in [-0.05, 0) is 25.0 Å². The van der Waals surface area contributed by atoms with Crippen LogP contribution in [0.4, 0.5) is 5.69 Å². The van der Waals surface area contributed by atoms with Gasteiger partial charge in [-0.2, -0.15) is 0 Å². The third-order valence-electron chi connectivity index (χ3n) is 5.11. The highest BCUT2D eigenvalue weighted by molar-refractivity contribution is 6.43. The first-order valence-electron chi connectivity index (χ1n) is 8.89. The van der Waals surface area contributed by atoms with Crippen molar-refractivity contribution in [1.82, 2.24) is 10.2 Å². The van der Waals surface area contributed by atoms with Gasteiger partial charge < -0.3 is 15.7 Å². The number of nitrogens with one attached hydrogen (secondary N) is 1. The van der Waals surface area contributed by atoms with Gasteiger partial charge in [0.1, 0.15) is 0 Å². The summed E-state index contributed by atoms with van der Waals surface area (Å²) in [6.45, 7) is 6.48. The fourth-order valence-corrected chi connectivity index (χ4v) is 4.10. The van der Waals surface area contributed by atoms with Crippen molar-refractivity contribution in [1.29, 1.82) is 0 Å². The fourth-order valence-electron chi connectivity index (χ4n) is 3.68. The van der Waals surface area contributed by atoms with Crippen molar-refractivity contribution in [2.24, 2.45) is 0 Å². The Bertz CT molecular complexity index is 507. The van der Waals surface area contributed by atoms with E-state index < -0.39 is 0 Å². The standard InChI is InChI=1S/C18H27Cl2N3.2ClH.H2O/c19-16-7-4-8-17(18(16)20)23-13-11-22(12-14-23)10-9-21-15-5-2-1-3-6-15;;;/h4,7-8,15,21H,1-3,5-6,9-14H2;2*1H;1H2. The van der Waals surface area contributed by atoms with E-state index >= 15 is 0 Å². The van der Waals surface area contributed by atoms with E-state index in [1.54, 1.807) is 0 Å². The number of hydrogen-bond acceptors (Lipinski definition) is 3. The molecule has 0 bridgehead atoms. The van der Waals surface area contributed by atoms with E-state index in [2.05, 4.69) is 21.2 Å². The van der Waals surface area contributed by atoms with E-state index in [0.29, 0.717) is 10.0 Å². The fraction of sp³-hybridized carbons (Fsp3) is 0.667. The average molecular weight is 447 g/mol. The van der Waals surface area contributed by atoms with Crippen molar-refractivity contribution in [3.8, 4) is 0 Å². The van der Waals surface area contributed by atoms with Crippen LogP contribution in [0.1, 0.15) is 32.1 Å². The highest BCUT2D eigenvalue weighted by Gasteiger charge is 2.20. The Morgan fingerprint density at radius 3 is 2.27 bits per heavy atom. The zero-order valence-electron chi connectivity index (χ0n) is 15.1. The number of halogens is 4. The highest BCUT2D eigenvalue weighted by atomic mass is 35.5. The molecular weight excluding hydrogens is 416 g/mol. The molecule has 1 aromatic carbocycles. The molecular formula is C18H31Cl4N3O. The van der Waals surface area contributed by atoms with Gasteiger partial charge in [0.2, 0.25) is 0 Å². The van der Waals surface area contributed by atoms with Crippen molar-refractivity contribution in [3.05, 3.63) is 28.2 Å². The molecule has 152 valence electrons. The first-order valence-corrected chi connectivity index (χ1v) is 9.64. The van der Waals surface area contributed by atoms with Gasteiger partial charge in [-0.1, -0.05) is 48.5 Å². The number of anilines is 1. The van der Waals surface area contributed by atoms with Crippen LogP contribution in [0.3, 0.4) is 0 Å². The molecule has 0 amide bonds. The second kappa shape index (κ2) is 13.3. The Morgan fingerprint density at radius 2 is 1.62 bits per heavy atom. The third-order valence-corrected chi connectivity index (χ3v) is 5.92. The first-order chi connectivity index (χ1) is 11.2. The van der Waals surface area contributed by atoms with E-state index in [0.717, 1.165) is 51.0 Å². The molecule has 0 unspecified atom stereocenters. The van der Waals surface area contributed by atoms with Crippen LogP contribution in [-0.2, 0) is 0 Å². The van der Waals surface area contributed by atoms with E-state index in [1.165, 1.54) is 32.1 Å². The Hall–Kier alpha value is 0.0600. The van der Waals surface area contributed by atoms with Crippen LogP contribution >= 0.6 is 48.0 Å². The number of hydrogen-bond donors (Lipinski definition) is 1. The van der Waals surface area contributed by atoms with Gasteiger partial charge in [0, 0.05) is 45.3 Å². The van der Waals surface area contributed by atoms with Gasteiger partial charge >= 0.3 is 0 Å². The number of piperazine rings is 1. The summed E-state index contributed by atoms with van der Waals surface area (Å²) in [5.74, 6) is 0. The van der Waals surface area contributed by atoms with E-state index in [4.69, 9.17) is 23.2 Å². The van der Waals surface area contributed by atoms with Crippen molar-refractivity contribution in [2.45, 2.75) is 38.1 Å². The lowest BCUT2D eigenvalue weighted by Crippen LogP contribution is -2.49. The molecule has 1 heterocycles. The van der Waals surface area contributed by atoms with Gasteiger partial charge in [0.05, 0.1) is 15.7 Å². The summed E-state index contributed by atoms with van der Waals surface area (Å²) in [6, 6.07) is 6.65. The van der Waals surface area contributed by atoms with E-state index in [1.807, 2.05) is 12.1 Å². The molecule has 4 nitrogen and oxygen atoms in total. The summed E-state index contributed by atoms with van der Waals surface area (Å²) in [4.78, 5) is 4.89. The zero-order chi connectivity index (χ0) is 16.1. The maximum atomic E-state index is 6.34. The molecule has 0 radical (unpaired) electrons. The Balaban J connectivity index is 0.00000208. The summed E-state index contributed by atoms with van der Waals surface area (Å²) in [7, 11) is 0. The first kappa shape index (κ1) is 26.1. The minimum absolute atomic E-state index is 0. The minimum atomic E-state index is 0. The van der Waals surface area contributed by atoms with Gasteiger partial charge in [-0.15, -0.1) is 24.8 Å². The molecule has 26 heavy (non-hydrogen) atoms. The summed E-state index contributed by atoms with van der Waals surface area (Å²) >= 11 is 12.5. The van der Waals surface area contributed by atoms with Crippen molar-refractivity contribution >= 4 is 53.7 Å². The number of benzene rings is 1. The molecule has 1 aromatic rings. The Morgan fingerprint density at radius 1 is 0.962 bits per heavy atom. The second-order valence-corrected chi connectivity index (χ2v) is 7.48. The molecule has 1 aliphatic carbocycles. The van der Waals surface area contributed by atoms with Crippen molar-refractivity contribution in [3.63, 3.8) is 0 Å². The SMILES string of the molecule is Cl.Cl.Clc1cccc(N2CCN(CCNC3CCCCC3)CC2)c1Cl.O. The summed E-state index contributed by atoms with van der Waals surface area (Å²) < 4.78 is 0. The van der Waals surface area contributed by atoms with Gasteiger partial charge in [0.25, 0.3) is 0 Å². The maximum Gasteiger partial charge on any atom is 0.0825 e. The van der Waals surface area contributed by atoms with Crippen LogP contribution in [0.5, 0.6) is 0 Å². The Kier molecular flexibility index (Phi) is 13.3. The average Bonchev–Trinajstić information content (AvgIpc) is 2.59. The molecule has 0 spiro atoms. The van der Waals surface area contributed by atoms with Crippen LogP contribution in [-0.4, -0.2) is 55.7 Å². The van der Waals surface area contributed by atoms with Crippen LogP contribution in [0, 0.1) is 0 Å². The van der Waals surface area contributed by atoms with Crippen LogP contribution in [0.2, 0.25) is 10.0 Å². The molecule has 1 saturated heterocycles. The molecule has 3 rings (SSSR count). The predicted octanol–water partition coefficient (Wildman–Crippen LogP) is 4.06. The monoisotopic (exact) mass is 445 g/mol. The van der Waals surface area contributed by atoms with E-state index in [-0.39, 0.29) is 30.3 Å². The molecule has 0 atom stereocenters. The van der Waals surface area contributed by atoms with Crippen molar-refractivity contribution < 1.29 is 5.48 Å². The lowest BCUT2D eigenvalue weighted by Gasteiger charge is -2.37. The zero-order valence-corrected chi connectivity index (χ0v) is 18.2. The molecule has 0 aromatic heterocycles. The smallest absolute Gasteiger partial charge is 0.0825 e. The predicted molar refractivity (Wildman–Crippen MR) is 118 cm³/mol. The molecule has 1 aliphatic heterocycles. The number of nitrogens with zero attached hydrogens (tertiary/aromatic N) is 2. The molecule has 3 N–H and O–H groups in total. The Labute approximate surface area is 179 Å². The number of rotatable bonds is 5.